The maximum absolute atomic E-state index is 8.06. The molecule has 0 rings (SSSR count). The fourth-order valence-corrected chi connectivity index (χ4v) is 0.222. The fourth-order valence-electron chi connectivity index (χ4n) is 0.222. The van der Waals surface area contributed by atoms with Gasteiger partial charge in [-0.25, -0.2) is 0 Å². The summed E-state index contributed by atoms with van der Waals surface area (Å²) in [4.78, 5) is 0. The number of rotatable bonds is 3. The van der Waals surface area contributed by atoms with Gasteiger partial charge in [0.2, 0.25) is 0 Å². The summed E-state index contributed by atoms with van der Waals surface area (Å²) >= 11 is 0. The van der Waals surface area contributed by atoms with E-state index < -0.39 is 7.32 Å². The Kier molecular flexibility index (Phi) is 4.40. The van der Waals surface area contributed by atoms with Gasteiger partial charge in [0.1, 0.15) is 0 Å². The zero-order valence-electron chi connectivity index (χ0n) is 4.74. The molecule has 0 aromatic heterocycles. The highest BCUT2D eigenvalue weighted by Crippen LogP contribution is 1.81. The summed E-state index contributed by atoms with van der Waals surface area (Å²) in [5.74, 6) is 0. The molecule has 0 saturated heterocycles. The first-order valence-corrected chi connectivity index (χ1v) is 2.44. The molecule has 4 heteroatoms. The topological polar surface area (TPSA) is 49.7 Å². The summed E-state index contributed by atoms with van der Waals surface area (Å²) in [6.07, 6.45) is 3.76. The van der Waals surface area contributed by atoms with Crippen LogP contribution in [0.1, 0.15) is 13.3 Å². The molecule has 0 bridgehead atoms. The first kappa shape index (κ1) is 7.52. The van der Waals surface area contributed by atoms with Crippen molar-refractivity contribution in [2.75, 3.05) is 0 Å². The molecule has 2 N–H and O–H groups in total. The second kappa shape index (κ2) is 4.68. The van der Waals surface area contributed by atoms with Crippen LogP contribution < -0.4 is 0 Å². The second-order valence-corrected chi connectivity index (χ2v) is 1.24. The summed E-state index contributed by atoms with van der Waals surface area (Å²) in [6.45, 7) is 1.92. The first-order valence-electron chi connectivity index (χ1n) is 2.44. The Hall–Kier alpha value is -0.475. The summed E-state index contributed by atoms with van der Waals surface area (Å²) < 4.78 is 4.21. The highest BCUT2D eigenvalue weighted by Gasteiger charge is 2.04. The van der Waals surface area contributed by atoms with Crippen LogP contribution in [0, 0.1) is 0 Å². The zero-order valence-corrected chi connectivity index (χ0v) is 4.74. The minimum Gasteiger partial charge on any atom is -0.519 e. The molecular weight excluding hydrogens is 107 g/mol. The van der Waals surface area contributed by atoms with Crippen LogP contribution >= 0.6 is 0 Å². The predicted octanol–water partition coefficient (Wildman–Crippen LogP) is -0.104. The monoisotopic (exact) mass is 116 g/mol. The molecule has 0 aliphatic carbocycles. The Morgan fingerprint density at radius 1 is 1.62 bits per heavy atom. The third-order valence-electron chi connectivity index (χ3n) is 0.532. The smallest absolute Gasteiger partial charge is 0.519 e. The van der Waals surface area contributed by atoms with Crippen molar-refractivity contribution in [1.82, 2.24) is 0 Å². The molecule has 3 nitrogen and oxygen atoms in total. The van der Waals surface area contributed by atoms with Crippen LogP contribution in [0.4, 0.5) is 0 Å². The van der Waals surface area contributed by atoms with Crippen molar-refractivity contribution in [1.29, 1.82) is 0 Å². The van der Waals surface area contributed by atoms with Gasteiger partial charge in [-0.3, -0.25) is 0 Å². The van der Waals surface area contributed by atoms with E-state index in [1.807, 2.05) is 6.92 Å². The second-order valence-electron chi connectivity index (χ2n) is 1.24. The highest BCUT2D eigenvalue weighted by molar-refractivity contribution is 6.32. The van der Waals surface area contributed by atoms with Crippen molar-refractivity contribution in [3.05, 3.63) is 12.3 Å². The molecule has 46 valence electrons. The molecule has 0 fully saturated rings. The van der Waals surface area contributed by atoms with Crippen molar-refractivity contribution in [2.24, 2.45) is 0 Å². The summed E-state index contributed by atoms with van der Waals surface area (Å²) in [7, 11) is -1.68. The average Bonchev–Trinajstić information content (AvgIpc) is 1.66. The van der Waals surface area contributed by atoms with Gasteiger partial charge < -0.3 is 14.7 Å². The SMILES string of the molecule is CCC=COB(O)O. The van der Waals surface area contributed by atoms with Gasteiger partial charge in [-0.05, 0) is 6.42 Å². The van der Waals surface area contributed by atoms with Crippen LogP contribution in [0.2, 0.25) is 0 Å². The minimum absolute atomic E-state index is 0.826. The van der Waals surface area contributed by atoms with Crippen LogP contribution in [0.25, 0.3) is 0 Å². The number of allylic oxidation sites excluding steroid dienone is 1. The van der Waals surface area contributed by atoms with Crippen molar-refractivity contribution < 1.29 is 14.7 Å². The van der Waals surface area contributed by atoms with Gasteiger partial charge in [0.05, 0.1) is 6.26 Å². The number of hydrogen-bond acceptors (Lipinski definition) is 3. The quantitative estimate of drug-likeness (QED) is 0.399. The third-order valence-corrected chi connectivity index (χ3v) is 0.532. The summed E-state index contributed by atoms with van der Waals surface area (Å²) in [5, 5.41) is 16.1. The van der Waals surface area contributed by atoms with Crippen LogP contribution in [-0.2, 0) is 4.65 Å². The first-order chi connectivity index (χ1) is 3.77. The summed E-state index contributed by atoms with van der Waals surface area (Å²) in [5.41, 5.74) is 0. The van der Waals surface area contributed by atoms with Gasteiger partial charge >= 0.3 is 7.32 Å². The fraction of sp³-hybridized carbons (Fsp3) is 0.500. The van der Waals surface area contributed by atoms with E-state index >= 15 is 0 Å². The van der Waals surface area contributed by atoms with Crippen molar-refractivity contribution in [3.8, 4) is 0 Å². The molecule has 0 spiro atoms. The Labute approximate surface area is 48.8 Å². The van der Waals surface area contributed by atoms with E-state index in [1.165, 1.54) is 6.26 Å². The molecule has 0 amide bonds. The Balaban J connectivity index is 3.03. The van der Waals surface area contributed by atoms with Gasteiger partial charge in [0.25, 0.3) is 0 Å². The summed E-state index contributed by atoms with van der Waals surface area (Å²) in [6, 6.07) is 0. The lowest BCUT2D eigenvalue weighted by Crippen LogP contribution is -2.12. The van der Waals surface area contributed by atoms with Crippen LogP contribution in [0.3, 0.4) is 0 Å². The lowest BCUT2D eigenvalue weighted by molar-refractivity contribution is 0.257. The molecule has 0 radical (unpaired) electrons. The largest absolute Gasteiger partial charge is 0.707 e. The molecule has 0 atom stereocenters. The minimum atomic E-state index is -1.68. The highest BCUT2D eigenvalue weighted by atomic mass is 16.6. The van der Waals surface area contributed by atoms with Crippen molar-refractivity contribution in [3.63, 3.8) is 0 Å². The van der Waals surface area contributed by atoms with Gasteiger partial charge in [0, 0.05) is 0 Å². The van der Waals surface area contributed by atoms with Gasteiger partial charge in [0.15, 0.2) is 0 Å². The van der Waals surface area contributed by atoms with E-state index in [4.69, 9.17) is 10.0 Å². The average molecular weight is 116 g/mol. The molecule has 0 aromatic carbocycles. The Morgan fingerprint density at radius 2 is 2.25 bits per heavy atom. The molecule has 0 aliphatic heterocycles. The van der Waals surface area contributed by atoms with E-state index in [0.29, 0.717) is 0 Å². The van der Waals surface area contributed by atoms with E-state index in [1.54, 1.807) is 6.08 Å². The molecule has 0 aliphatic rings. The lowest BCUT2D eigenvalue weighted by Gasteiger charge is -1.92. The Morgan fingerprint density at radius 3 is 2.62 bits per heavy atom. The molecule has 8 heavy (non-hydrogen) atoms. The third kappa shape index (κ3) is 5.52. The maximum atomic E-state index is 8.06. The van der Waals surface area contributed by atoms with Crippen LogP contribution in [0.15, 0.2) is 12.3 Å². The molecule has 0 aromatic rings. The number of hydrogen-bond donors (Lipinski definition) is 2. The maximum Gasteiger partial charge on any atom is 0.707 e. The van der Waals surface area contributed by atoms with Gasteiger partial charge in [-0.1, -0.05) is 13.0 Å². The van der Waals surface area contributed by atoms with E-state index in [0.717, 1.165) is 6.42 Å². The van der Waals surface area contributed by atoms with Gasteiger partial charge in [-0.2, -0.15) is 0 Å². The van der Waals surface area contributed by atoms with Crippen LogP contribution in [0.5, 0.6) is 0 Å². The molecular formula is C4H9BO3. The van der Waals surface area contributed by atoms with Crippen molar-refractivity contribution >= 4 is 7.32 Å². The molecule has 0 unspecified atom stereocenters. The predicted molar refractivity (Wildman–Crippen MR) is 30.7 cm³/mol. The van der Waals surface area contributed by atoms with Crippen LogP contribution in [-0.4, -0.2) is 17.4 Å². The standard InChI is InChI=1S/C4H9BO3/c1-2-3-4-8-5(6)7/h3-4,6-7H,2H2,1H3. The van der Waals surface area contributed by atoms with E-state index in [2.05, 4.69) is 4.65 Å². The van der Waals surface area contributed by atoms with E-state index in [9.17, 15) is 0 Å². The zero-order chi connectivity index (χ0) is 6.41. The molecule has 0 heterocycles. The van der Waals surface area contributed by atoms with Gasteiger partial charge in [-0.15, -0.1) is 0 Å². The Bertz CT molecular complexity index is 71.7. The lowest BCUT2D eigenvalue weighted by atomic mass is 10.3. The normalized spacial score (nSPS) is 9.88. The van der Waals surface area contributed by atoms with Crippen molar-refractivity contribution in [2.45, 2.75) is 13.3 Å². The molecule has 0 saturated carbocycles. The van der Waals surface area contributed by atoms with E-state index in [-0.39, 0.29) is 0 Å².